The second-order valence-corrected chi connectivity index (χ2v) is 8.42. The van der Waals surface area contributed by atoms with Gasteiger partial charge in [-0.05, 0) is 55.3 Å². The molecule has 2 aliphatic heterocycles. The lowest BCUT2D eigenvalue weighted by molar-refractivity contribution is -0.0204. The van der Waals surface area contributed by atoms with E-state index in [0.717, 1.165) is 73.8 Å². The highest BCUT2D eigenvalue weighted by atomic mass is 16.5. The molecular weight excluding hydrogens is 376 g/mol. The van der Waals surface area contributed by atoms with Crippen molar-refractivity contribution < 1.29 is 14.6 Å². The zero-order valence-corrected chi connectivity index (χ0v) is 18.0. The van der Waals surface area contributed by atoms with Crippen LogP contribution in [0, 0.1) is 0 Å². The average molecular weight is 409 g/mol. The Morgan fingerprint density at radius 1 is 1.10 bits per heavy atom. The van der Waals surface area contributed by atoms with Crippen LogP contribution in [-0.4, -0.2) is 61.8 Å². The molecule has 2 aromatic rings. The van der Waals surface area contributed by atoms with Gasteiger partial charge in [-0.2, -0.15) is 0 Å². The molecule has 0 unspecified atom stereocenters. The topological polar surface area (TPSA) is 45.2 Å². The molecule has 0 bridgehead atoms. The number of benzene rings is 2. The summed E-state index contributed by atoms with van der Waals surface area (Å²) in [6.45, 7) is 5.09. The van der Waals surface area contributed by atoms with Crippen LogP contribution in [-0.2, 0) is 12.1 Å². The molecule has 2 aliphatic rings. The van der Waals surface area contributed by atoms with Gasteiger partial charge in [0.15, 0.2) is 0 Å². The molecule has 1 fully saturated rings. The highest BCUT2D eigenvalue weighted by molar-refractivity contribution is 5.50. The number of piperidine rings is 1. The molecule has 0 aliphatic carbocycles. The lowest BCUT2D eigenvalue weighted by atomic mass is 9.84. The minimum atomic E-state index is -0.729. The second-order valence-electron chi connectivity index (χ2n) is 8.42. The van der Waals surface area contributed by atoms with Crippen LogP contribution in [0.25, 0.3) is 6.08 Å². The molecule has 4 rings (SSSR count). The minimum absolute atomic E-state index is 0.678. The van der Waals surface area contributed by atoms with Crippen molar-refractivity contribution in [1.29, 1.82) is 0 Å². The summed E-state index contributed by atoms with van der Waals surface area (Å²) in [5.41, 5.74) is 2.62. The van der Waals surface area contributed by atoms with Crippen LogP contribution >= 0.6 is 0 Å². The van der Waals surface area contributed by atoms with E-state index in [4.69, 9.17) is 9.47 Å². The van der Waals surface area contributed by atoms with Gasteiger partial charge in [0.1, 0.15) is 18.1 Å². The van der Waals surface area contributed by atoms with Crippen LogP contribution in [0.1, 0.15) is 29.5 Å². The number of fused-ring (bicyclic) bond motifs is 1. The monoisotopic (exact) mass is 408 g/mol. The van der Waals surface area contributed by atoms with Crippen molar-refractivity contribution in [3.8, 4) is 11.5 Å². The molecule has 2 aromatic carbocycles. The third-order valence-electron chi connectivity index (χ3n) is 6.26. The zero-order valence-electron chi connectivity index (χ0n) is 18.0. The first kappa shape index (κ1) is 20.9. The Hall–Kier alpha value is -2.34. The third-order valence-corrected chi connectivity index (χ3v) is 6.26. The summed E-state index contributed by atoms with van der Waals surface area (Å²) in [7, 11) is 3.79. The number of methoxy groups -OCH3 is 1. The van der Waals surface area contributed by atoms with Crippen LogP contribution in [0.2, 0.25) is 0 Å². The number of rotatable bonds is 5. The Kier molecular flexibility index (Phi) is 6.42. The molecule has 2 heterocycles. The molecule has 30 heavy (non-hydrogen) atoms. The van der Waals surface area contributed by atoms with Crippen LogP contribution in [0.4, 0.5) is 0 Å². The first-order valence-corrected chi connectivity index (χ1v) is 10.8. The Balaban J connectivity index is 1.43. The molecule has 0 saturated carbocycles. The molecule has 0 spiro atoms. The van der Waals surface area contributed by atoms with E-state index in [1.54, 1.807) is 7.11 Å². The van der Waals surface area contributed by atoms with Crippen LogP contribution in [0.5, 0.6) is 11.5 Å². The predicted molar refractivity (Wildman–Crippen MR) is 120 cm³/mol. The highest BCUT2D eigenvalue weighted by Gasteiger charge is 2.33. The summed E-state index contributed by atoms with van der Waals surface area (Å²) < 4.78 is 11.2. The van der Waals surface area contributed by atoms with Crippen molar-refractivity contribution in [2.45, 2.75) is 25.0 Å². The number of ether oxygens (including phenoxy) is 2. The van der Waals surface area contributed by atoms with Gasteiger partial charge in [-0.25, -0.2) is 0 Å². The molecule has 0 radical (unpaired) electrons. The summed E-state index contributed by atoms with van der Waals surface area (Å²) >= 11 is 0. The Morgan fingerprint density at radius 2 is 1.87 bits per heavy atom. The van der Waals surface area contributed by atoms with Crippen LogP contribution in [0.3, 0.4) is 0 Å². The van der Waals surface area contributed by atoms with Gasteiger partial charge in [-0.3, -0.25) is 4.90 Å². The molecule has 0 amide bonds. The maximum Gasteiger partial charge on any atom is 0.123 e. The summed E-state index contributed by atoms with van der Waals surface area (Å²) in [4.78, 5) is 4.66. The maximum absolute atomic E-state index is 11.2. The van der Waals surface area contributed by atoms with Gasteiger partial charge in [-0.1, -0.05) is 30.4 Å². The summed E-state index contributed by atoms with van der Waals surface area (Å²) in [5.74, 6) is 1.81. The van der Waals surface area contributed by atoms with Crippen LogP contribution < -0.4 is 9.47 Å². The number of aliphatic hydroxyl groups is 1. The SMILES string of the molecule is COc1ccc(/C=C/CN2CCOc3ccc(C4(O)CCN(C)CC4)cc3C2)cc1. The summed E-state index contributed by atoms with van der Waals surface area (Å²) in [6, 6.07) is 14.3. The smallest absolute Gasteiger partial charge is 0.123 e. The predicted octanol–water partition coefficient (Wildman–Crippen LogP) is 3.52. The first-order valence-electron chi connectivity index (χ1n) is 10.8. The number of hydrogen-bond donors (Lipinski definition) is 1. The molecule has 5 nitrogen and oxygen atoms in total. The van der Waals surface area contributed by atoms with Gasteiger partial charge in [0.2, 0.25) is 0 Å². The molecule has 5 heteroatoms. The lowest BCUT2D eigenvalue weighted by Gasteiger charge is -2.37. The summed E-state index contributed by atoms with van der Waals surface area (Å²) in [6.07, 6.45) is 5.89. The van der Waals surface area contributed by atoms with Crippen molar-refractivity contribution >= 4 is 6.08 Å². The van der Waals surface area contributed by atoms with Gasteiger partial charge in [0.25, 0.3) is 0 Å². The van der Waals surface area contributed by atoms with E-state index in [1.807, 2.05) is 24.3 Å². The number of nitrogens with zero attached hydrogens (tertiary/aromatic N) is 2. The lowest BCUT2D eigenvalue weighted by Crippen LogP contribution is -2.40. The fourth-order valence-electron chi connectivity index (χ4n) is 4.22. The molecule has 1 N–H and O–H groups in total. The zero-order chi connectivity index (χ0) is 21.0. The maximum atomic E-state index is 11.2. The summed E-state index contributed by atoms with van der Waals surface area (Å²) in [5, 5.41) is 11.2. The number of likely N-dealkylation sites (tertiary alicyclic amines) is 1. The van der Waals surface area contributed by atoms with Gasteiger partial charge >= 0.3 is 0 Å². The van der Waals surface area contributed by atoms with Gasteiger partial charge < -0.3 is 19.5 Å². The van der Waals surface area contributed by atoms with Gasteiger partial charge in [0.05, 0.1) is 12.7 Å². The third kappa shape index (κ3) is 4.86. The van der Waals surface area contributed by atoms with E-state index < -0.39 is 5.60 Å². The van der Waals surface area contributed by atoms with Crippen molar-refractivity contribution in [1.82, 2.24) is 9.80 Å². The normalized spacial score (nSPS) is 19.8. The van der Waals surface area contributed by atoms with E-state index in [1.165, 1.54) is 0 Å². The van der Waals surface area contributed by atoms with E-state index in [0.29, 0.717) is 6.61 Å². The fourth-order valence-corrected chi connectivity index (χ4v) is 4.22. The van der Waals surface area contributed by atoms with Crippen molar-refractivity contribution in [3.63, 3.8) is 0 Å². The first-order chi connectivity index (χ1) is 14.6. The largest absolute Gasteiger partial charge is 0.497 e. The standard InChI is InChI=1S/C25H32N2O3/c1-26-14-11-25(28,12-15-26)22-7-10-24-21(18-22)19-27(16-17-30-24)13-3-4-20-5-8-23(29-2)9-6-20/h3-10,18,28H,11-17,19H2,1-2H3/b4-3+. The highest BCUT2D eigenvalue weighted by Crippen LogP contribution is 2.35. The van der Waals surface area contributed by atoms with Crippen molar-refractivity contribution in [2.75, 3.05) is 46.9 Å². The van der Waals surface area contributed by atoms with E-state index in [-0.39, 0.29) is 0 Å². The Labute approximate surface area is 179 Å². The minimum Gasteiger partial charge on any atom is -0.497 e. The quantitative estimate of drug-likeness (QED) is 0.820. The second kappa shape index (κ2) is 9.21. The van der Waals surface area contributed by atoms with Crippen LogP contribution in [0.15, 0.2) is 48.5 Å². The molecule has 0 aromatic heterocycles. The van der Waals surface area contributed by atoms with Gasteiger partial charge in [0, 0.05) is 38.3 Å². The van der Waals surface area contributed by atoms with E-state index in [9.17, 15) is 5.11 Å². The Bertz CT molecular complexity index is 870. The molecule has 1 saturated heterocycles. The molecule has 160 valence electrons. The fraction of sp³-hybridized carbons (Fsp3) is 0.440. The van der Waals surface area contributed by atoms with Crippen molar-refractivity contribution in [2.24, 2.45) is 0 Å². The Morgan fingerprint density at radius 3 is 2.60 bits per heavy atom. The van der Waals surface area contributed by atoms with E-state index >= 15 is 0 Å². The van der Waals surface area contributed by atoms with E-state index in [2.05, 4.69) is 47.2 Å². The average Bonchev–Trinajstić information content (AvgIpc) is 2.98. The molecular formula is C25H32N2O3. The number of hydrogen-bond acceptors (Lipinski definition) is 5. The van der Waals surface area contributed by atoms with Gasteiger partial charge in [-0.15, -0.1) is 0 Å². The molecule has 0 atom stereocenters. The van der Waals surface area contributed by atoms with Crippen molar-refractivity contribution in [3.05, 3.63) is 65.2 Å².